The molecule has 2 rings (SSSR count). The first kappa shape index (κ1) is 16.0. The van der Waals surface area contributed by atoms with E-state index in [0.29, 0.717) is 26.3 Å². The summed E-state index contributed by atoms with van der Waals surface area (Å²) in [5.74, 6) is 0.162. The van der Waals surface area contributed by atoms with Gasteiger partial charge in [-0.05, 0) is 31.4 Å². The summed E-state index contributed by atoms with van der Waals surface area (Å²) in [4.78, 5) is 14.3. The van der Waals surface area contributed by atoms with Gasteiger partial charge in [-0.3, -0.25) is 10.1 Å². The monoisotopic (exact) mass is 290 g/mol. The predicted molar refractivity (Wildman–Crippen MR) is 84.2 cm³/mol. The molecular formula is C17H26N2O2. The van der Waals surface area contributed by atoms with Crippen LogP contribution in [-0.2, 0) is 16.0 Å². The number of morpholine rings is 1. The Morgan fingerprint density at radius 3 is 2.43 bits per heavy atom. The Hall–Kier alpha value is -1.39. The first-order valence-electron chi connectivity index (χ1n) is 7.83. The van der Waals surface area contributed by atoms with Crippen molar-refractivity contribution in [2.75, 3.05) is 26.3 Å². The highest BCUT2D eigenvalue weighted by Gasteiger charge is 2.23. The van der Waals surface area contributed by atoms with Gasteiger partial charge in [0.1, 0.15) is 0 Å². The van der Waals surface area contributed by atoms with Gasteiger partial charge >= 0.3 is 0 Å². The molecule has 1 aromatic rings. The fourth-order valence-electron chi connectivity index (χ4n) is 2.64. The summed E-state index contributed by atoms with van der Waals surface area (Å²) in [7, 11) is 0. The summed E-state index contributed by atoms with van der Waals surface area (Å²) in [6.07, 6.45) is 1.05. The lowest BCUT2D eigenvalue weighted by molar-refractivity contribution is -0.137. The van der Waals surface area contributed by atoms with E-state index in [1.165, 1.54) is 11.1 Å². The Bertz CT molecular complexity index is 452. The number of amides is 1. The zero-order valence-electron chi connectivity index (χ0n) is 13.3. The van der Waals surface area contributed by atoms with Crippen LogP contribution in [0.2, 0.25) is 0 Å². The summed E-state index contributed by atoms with van der Waals surface area (Å²) in [5.41, 5.74) is 2.55. The summed E-state index contributed by atoms with van der Waals surface area (Å²) < 4.78 is 5.29. The molecule has 0 radical (unpaired) electrons. The van der Waals surface area contributed by atoms with Gasteiger partial charge in [-0.1, -0.05) is 31.2 Å². The van der Waals surface area contributed by atoms with Gasteiger partial charge in [0.05, 0.1) is 19.3 Å². The normalized spacial score (nSPS) is 18.3. The molecule has 1 aliphatic heterocycles. The molecule has 0 spiro atoms. The zero-order chi connectivity index (χ0) is 15.2. The second kappa shape index (κ2) is 7.57. The molecule has 1 aromatic carbocycles. The van der Waals surface area contributed by atoms with Crippen LogP contribution in [0.5, 0.6) is 0 Å². The summed E-state index contributed by atoms with van der Waals surface area (Å²) in [6.45, 7) is 8.88. The molecule has 116 valence electrons. The maximum absolute atomic E-state index is 12.4. The molecular weight excluding hydrogens is 264 g/mol. The molecule has 2 unspecified atom stereocenters. The molecule has 2 atom stereocenters. The first-order chi connectivity index (χ1) is 10.1. The number of hydrogen-bond donors (Lipinski definition) is 1. The minimum Gasteiger partial charge on any atom is -0.378 e. The van der Waals surface area contributed by atoms with Crippen molar-refractivity contribution in [1.82, 2.24) is 10.2 Å². The SMILES string of the molecule is CCc1ccc(C(C)NC(C)C(=O)N2CCOCC2)cc1. The topological polar surface area (TPSA) is 41.6 Å². The molecule has 1 N–H and O–H groups in total. The first-order valence-corrected chi connectivity index (χ1v) is 7.83. The van der Waals surface area contributed by atoms with Crippen LogP contribution < -0.4 is 5.32 Å². The second-order valence-electron chi connectivity index (χ2n) is 5.64. The van der Waals surface area contributed by atoms with Crippen LogP contribution >= 0.6 is 0 Å². The second-order valence-corrected chi connectivity index (χ2v) is 5.64. The number of hydrogen-bond acceptors (Lipinski definition) is 3. The average Bonchev–Trinajstić information content (AvgIpc) is 2.55. The van der Waals surface area contributed by atoms with Gasteiger partial charge in [0.2, 0.25) is 5.91 Å². The van der Waals surface area contributed by atoms with Crippen molar-refractivity contribution >= 4 is 5.91 Å². The van der Waals surface area contributed by atoms with E-state index in [0.717, 1.165) is 6.42 Å². The highest BCUT2D eigenvalue weighted by molar-refractivity contribution is 5.81. The third-order valence-electron chi connectivity index (χ3n) is 4.08. The largest absolute Gasteiger partial charge is 0.378 e. The number of rotatable bonds is 5. The number of nitrogens with zero attached hydrogens (tertiary/aromatic N) is 1. The van der Waals surface area contributed by atoms with Crippen molar-refractivity contribution in [2.24, 2.45) is 0 Å². The van der Waals surface area contributed by atoms with Crippen LogP contribution in [0.4, 0.5) is 0 Å². The summed E-state index contributed by atoms with van der Waals surface area (Å²) in [6, 6.07) is 8.58. The number of benzene rings is 1. The van der Waals surface area contributed by atoms with E-state index in [1.807, 2.05) is 11.8 Å². The molecule has 1 saturated heterocycles. The van der Waals surface area contributed by atoms with E-state index < -0.39 is 0 Å². The van der Waals surface area contributed by atoms with E-state index in [2.05, 4.69) is 43.4 Å². The Kier molecular flexibility index (Phi) is 5.76. The van der Waals surface area contributed by atoms with Crippen LogP contribution in [0.25, 0.3) is 0 Å². The Morgan fingerprint density at radius 1 is 1.24 bits per heavy atom. The van der Waals surface area contributed by atoms with Gasteiger partial charge in [0.25, 0.3) is 0 Å². The molecule has 0 saturated carbocycles. The molecule has 4 heteroatoms. The number of nitrogens with one attached hydrogen (secondary N) is 1. The van der Waals surface area contributed by atoms with Crippen LogP contribution in [-0.4, -0.2) is 43.2 Å². The van der Waals surface area contributed by atoms with Gasteiger partial charge in [-0.2, -0.15) is 0 Å². The van der Waals surface area contributed by atoms with Gasteiger partial charge in [-0.25, -0.2) is 0 Å². The quantitative estimate of drug-likeness (QED) is 0.903. The Morgan fingerprint density at radius 2 is 1.86 bits per heavy atom. The van der Waals surface area contributed by atoms with Gasteiger partial charge in [-0.15, -0.1) is 0 Å². The van der Waals surface area contributed by atoms with Crippen LogP contribution in [0.15, 0.2) is 24.3 Å². The minimum atomic E-state index is -0.177. The number of carbonyl (C=O) groups is 1. The van der Waals surface area contributed by atoms with Crippen molar-refractivity contribution in [3.8, 4) is 0 Å². The maximum Gasteiger partial charge on any atom is 0.239 e. The summed E-state index contributed by atoms with van der Waals surface area (Å²) in [5, 5.41) is 3.40. The number of aryl methyl sites for hydroxylation is 1. The molecule has 4 nitrogen and oxygen atoms in total. The highest BCUT2D eigenvalue weighted by Crippen LogP contribution is 2.15. The van der Waals surface area contributed by atoms with Crippen LogP contribution in [0, 0.1) is 0 Å². The van der Waals surface area contributed by atoms with Crippen molar-refractivity contribution in [2.45, 2.75) is 39.3 Å². The lowest BCUT2D eigenvalue weighted by atomic mass is 10.0. The Balaban J connectivity index is 1.90. The lowest BCUT2D eigenvalue weighted by Crippen LogP contribution is -2.49. The third-order valence-corrected chi connectivity index (χ3v) is 4.08. The lowest BCUT2D eigenvalue weighted by Gasteiger charge is -2.30. The zero-order valence-corrected chi connectivity index (χ0v) is 13.3. The molecule has 21 heavy (non-hydrogen) atoms. The molecule has 1 aliphatic rings. The van der Waals surface area contributed by atoms with Crippen LogP contribution in [0.1, 0.15) is 37.9 Å². The van der Waals surface area contributed by atoms with Crippen molar-refractivity contribution in [1.29, 1.82) is 0 Å². The van der Waals surface area contributed by atoms with E-state index in [-0.39, 0.29) is 18.0 Å². The van der Waals surface area contributed by atoms with E-state index in [1.54, 1.807) is 0 Å². The van der Waals surface area contributed by atoms with Crippen molar-refractivity contribution in [3.05, 3.63) is 35.4 Å². The van der Waals surface area contributed by atoms with Crippen molar-refractivity contribution in [3.63, 3.8) is 0 Å². The third kappa shape index (κ3) is 4.29. The van der Waals surface area contributed by atoms with Crippen molar-refractivity contribution < 1.29 is 9.53 Å². The minimum absolute atomic E-state index is 0.162. The molecule has 0 bridgehead atoms. The van der Waals surface area contributed by atoms with Gasteiger partial charge in [0.15, 0.2) is 0 Å². The van der Waals surface area contributed by atoms with E-state index >= 15 is 0 Å². The maximum atomic E-state index is 12.4. The summed E-state index contributed by atoms with van der Waals surface area (Å²) >= 11 is 0. The van der Waals surface area contributed by atoms with Gasteiger partial charge in [0, 0.05) is 19.1 Å². The molecule has 1 fully saturated rings. The van der Waals surface area contributed by atoms with E-state index in [9.17, 15) is 4.79 Å². The molecule has 1 heterocycles. The standard InChI is InChI=1S/C17H26N2O2/c1-4-15-5-7-16(8-6-15)13(2)18-14(3)17(20)19-9-11-21-12-10-19/h5-8,13-14,18H,4,9-12H2,1-3H3. The van der Waals surface area contributed by atoms with E-state index in [4.69, 9.17) is 4.74 Å². The smallest absolute Gasteiger partial charge is 0.239 e. The molecule has 0 aliphatic carbocycles. The van der Waals surface area contributed by atoms with Crippen LogP contribution in [0.3, 0.4) is 0 Å². The Labute approximate surface area is 127 Å². The fourth-order valence-corrected chi connectivity index (χ4v) is 2.64. The average molecular weight is 290 g/mol. The number of carbonyl (C=O) groups excluding carboxylic acids is 1. The molecule has 0 aromatic heterocycles. The molecule has 1 amide bonds. The fraction of sp³-hybridized carbons (Fsp3) is 0.588. The number of ether oxygens (including phenoxy) is 1. The predicted octanol–water partition coefficient (Wildman–Crippen LogP) is 2.15. The van der Waals surface area contributed by atoms with Gasteiger partial charge < -0.3 is 9.64 Å². The highest BCUT2D eigenvalue weighted by atomic mass is 16.5.